The number of amides is 2. The van der Waals surface area contributed by atoms with Crippen molar-refractivity contribution in [2.24, 2.45) is 5.92 Å². The first-order chi connectivity index (χ1) is 12.1. The third-order valence-electron chi connectivity index (χ3n) is 5.39. The van der Waals surface area contributed by atoms with Gasteiger partial charge in [-0.15, -0.1) is 12.4 Å². The van der Waals surface area contributed by atoms with Crippen molar-refractivity contribution in [1.82, 2.24) is 15.1 Å². The average Bonchev–Trinajstić information content (AvgIpc) is 3.15. The molecule has 1 N–H and O–H groups in total. The zero-order valence-corrected chi connectivity index (χ0v) is 16.4. The van der Waals surface area contributed by atoms with Gasteiger partial charge in [-0.3, -0.25) is 9.59 Å². The van der Waals surface area contributed by atoms with E-state index in [2.05, 4.69) is 5.32 Å². The van der Waals surface area contributed by atoms with Crippen LogP contribution in [0.4, 0.5) is 0 Å². The normalized spacial score (nSPS) is 20.0. The maximum Gasteiger partial charge on any atom is 0.227 e. The van der Waals surface area contributed by atoms with Crippen LogP contribution in [0.5, 0.6) is 0 Å². The van der Waals surface area contributed by atoms with E-state index < -0.39 is 0 Å². The van der Waals surface area contributed by atoms with Crippen molar-refractivity contribution >= 4 is 24.2 Å². The van der Waals surface area contributed by atoms with Gasteiger partial charge in [-0.2, -0.15) is 0 Å². The van der Waals surface area contributed by atoms with Crippen LogP contribution in [0.3, 0.4) is 0 Å². The molecule has 3 rings (SSSR count). The highest BCUT2D eigenvalue weighted by Gasteiger charge is 2.25. The maximum absolute atomic E-state index is 12.4. The van der Waals surface area contributed by atoms with E-state index in [1.54, 1.807) is 0 Å². The summed E-state index contributed by atoms with van der Waals surface area (Å²) in [5.74, 6) is 1.06. The van der Waals surface area contributed by atoms with Crippen LogP contribution in [0.25, 0.3) is 0 Å². The molecular formula is C20H30ClN3O2. The van der Waals surface area contributed by atoms with Crippen molar-refractivity contribution < 1.29 is 9.59 Å². The molecule has 1 aromatic rings. The number of nitrogens with one attached hydrogen (secondary N) is 1. The van der Waals surface area contributed by atoms with Crippen LogP contribution in [0.2, 0.25) is 0 Å². The Labute approximate surface area is 162 Å². The van der Waals surface area contributed by atoms with Crippen LogP contribution in [0.15, 0.2) is 24.3 Å². The van der Waals surface area contributed by atoms with Gasteiger partial charge in [0.05, 0.1) is 6.42 Å². The number of hydrogen-bond donors (Lipinski definition) is 1. The Bertz CT molecular complexity index is 592. The van der Waals surface area contributed by atoms with E-state index in [9.17, 15) is 9.59 Å². The molecule has 144 valence electrons. The van der Waals surface area contributed by atoms with Crippen LogP contribution in [0.1, 0.15) is 30.4 Å². The van der Waals surface area contributed by atoms with Crippen molar-refractivity contribution in [3.05, 3.63) is 35.4 Å². The minimum atomic E-state index is 0. The molecule has 2 aliphatic heterocycles. The molecule has 1 unspecified atom stereocenters. The van der Waals surface area contributed by atoms with Crippen LogP contribution in [-0.2, 0) is 16.0 Å². The summed E-state index contributed by atoms with van der Waals surface area (Å²) >= 11 is 0. The molecule has 6 heteroatoms. The predicted octanol–water partition coefficient (Wildman–Crippen LogP) is 2.02. The Morgan fingerprint density at radius 1 is 1.04 bits per heavy atom. The summed E-state index contributed by atoms with van der Waals surface area (Å²) in [6.45, 7) is 6.83. The Kier molecular flexibility index (Phi) is 7.91. The van der Waals surface area contributed by atoms with Gasteiger partial charge in [0.1, 0.15) is 0 Å². The molecule has 0 spiro atoms. The van der Waals surface area contributed by atoms with Crippen LogP contribution < -0.4 is 5.32 Å². The van der Waals surface area contributed by atoms with E-state index in [1.165, 1.54) is 12.0 Å². The first kappa shape index (κ1) is 20.7. The summed E-state index contributed by atoms with van der Waals surface area (Å²) in [5.41, 5.74) is 2.26. The van der Waals surface area contributed by atoms with E-state index >= 15 is 0 Å². The third-order valence-corrected chi connectivity index (χ3v) is 5.39. The Hall–Kier alpha value is -1.59. The highest BCUT2D eigenvalue weighted by molar-refractivity contribution is 5.85. The smallest absolute Gasteiger partial charge is 0.227 e. The lowest BCUT2D eigenvalue weighted by molar-refractivity contribution is -0.139. The van der Waals surface area contributed by atoms with Crippen molar-refractivity contribution in [3.8, 4) is 0 Å². The molecule has 1 aromatic carbocycles. The molecule has 2 fully saturated rings. The van der Waals surface area contributed by atoms with E-state index in [-0.39, 0.29) is 24.2 Å². The minimum Gasteiger partial charge on any atom is -0.339 e. The van der Waals surface area contributed by atoms with Gasteiger partial charge in [-0.05, 0) is 44.3 Å². The summed E-state index contributed by atoms with van der Waals surface area (Å²) in [5, 5.41) is 3.35. The molecule has 1 atom stereocenters. The van der Waals surface area contributed by atoms with Crippen LogP contribution >= 0.6 is 12.4 Å². The number of halogens is 1. The van der Waals surface area contributed by atoms with Gasteiger partial charge in [0.25, 0.3) is 0 Å². The van der Waals surface area contributed by atoms with Gasteiger partial charge in [-0.1, -0.05) is 29.8 Å². The van der Waals surface area contributed by atoms with Crippen molar-refractivity contribution in [2.75, 3.05) is 39.3 Å². The second-order valence-corrected chi connectivity index (χ2v) is 7.32. The van der Waals surface area contributed by atoms with Crippen molar-refractivity contribution in [2.45, 2.75) is 32.6 Å². The number of carbonyl (C=O) groups excluding carboxylic acids is 2. The predicted molar refractivity (Wildman–Crippen MR) is 106 cm³/mol. The molecule has 2 heterocycles. The number of hydrogen-bond acceptors (Lipinski definition) is 3. The topological polar surface area (TPSA) is 52.7 Å². The number of rotatable bonds is 5. The summed E-state index contributed by atoms with van der Waals surface area (Å²) in [6, 6.07) is 8.12. The van der Waals surface area contributed by atoms with Gasteiger partial charge in [-0.25, -0.2) is 0 Å². The number of aryl methyl sites for hydroxylation is 1. The van der Waals surface area contributed by atoms with Crippen LogP contribution in [-0.4, -0.2) is 60.9 Å². The molecular weight excluding hydrogens is 350 g/mol. The summed E-state index contributed by atoms with van der Waals surface area (Å²) in [4.78, 5) is 28.6. The first-order valence-corrected chi connectivity index (χ1v) is 9.43. The first-order valence-electron chi connectivity index (χ1n) is 9.43. The highest BCUT2D eigenvalue weighted by atomic mass is 35.5. The van der Waals surface area contributed by atoms with Gasteiger partial charge in [0, 0.05) is 32.6 Å². The lowest BCUT2D eigenvalue weighted by Gasteiger charge is -2.35. The van der Waals surface area contributed by atoms with Crippen molar-refractivity contribution in [1.29, 1.82) is 0 Å². The summed E-state index contributed by atoms with van der Waals surface area (Å²) in [6.07, 6.45) is 3.26. The minimum absolute atomic E-state index is 0. The zero-order valence-electron chi connectivity index (χ0n) is 15.6. The fraction of sp³-hybridized carbons (Fsp3) is 0.600. The van der Waals surface area contributed by atoms with E-state index in [0.717, 1.165) is 25.1 Å². The lowest BCUT2D eigenvalue weighted by Crippen LogP contribution is -2.51. The molecule has 0 aliphatic carbocycles. The van der Waals surface area contributed by atoms with Gasteiger partial charge >= 0.3 is 0 Å². The van der Waals surface area contributed by atoms with Gasteiger partial charge < -0.3 is 15.1 Å². The SMILES string of the molecule is Cc1ccc(CC(=O)N2CCN(C(=O)CCC3CCNC3)CC2)cc1.Cl. The summed E-state index contributed by atoms with van der Waals surface area (Å²) in [7, 11) is 0. The fourth-order valence-corrected chi connectivity index (χ4v) is 3.64. The molecule has 0 saturated carbocycles. The molecule has 26 heavy (non-hydrogen) atoms. The molecule has 2 aliphatic rings. The van der Waals surface area contributed by atoms with Gasteiger partial charge in [0.15, 0.2) is 0 Å². The molecule has 0 bridgehead atoms. The summed E-state index contributed by atoms with van der Waals surface area (Å²) < 4.78 is 0. The lowest BCUT2D eigenvalue weighted by atomic mass is 10.0. The second-order valence-electron chi connectivity index (χ2n) is 7.32. The molecule has 5 nitrogen and oxygen atoms in total. The van der Waals surface area contributed by atoms with Gasteiger partial charge in [0.2, 0.25) is 11.8 Å². The second kappa shape index (κ2) is 9.93. The van der Waals surface area contributed by atoms with E-state index in [4.69, 9.17) is 0 Å². The largest absolute Gasteiger partial charge is 0.339 e. The molecule has 2 saturated heterocycles. The number of piperazine rings is 1. The highest BCUT2D eigenvalue weighted by Crippen LogP contribution is 2.16. The van der Waals surface area contributed by atoms with Crippen LogP contribution in [0, 0.1) is 12.8 Å². The van der Waals surface area contributed by atoms with E-state index in [0.29, 0.717) is 44.9 Å². The number of benzene rings is 1. The standard InChI is InChI=1S/C20H29N3O2.ClH/c1-16-2-4-17(5-3-16)14-20(25)23-12-10-22(11-13-23)19(24)7-6-18-8-9-21-15-18;/h2-5,18,21H,6-15H2,1H3;1H. The Morgan fingerprint density at radius 2 is 1.65 bits per heavy atom. The molecule has 0 radical (unpaired) electrons. The van der Waals surface area contributed by atoms with Crippen molar-refractivity contribution in [3.63, 3.8) is 0 Å². The molecule has 2 amide bonds. The quantitative estimate of drug-likeness (QED) is 0.851. The average molecular weight is 380 g/mol. The van der Waals surface area contributed by atoms with E-state index in [1.807, 2.05) is 41.0 Å². The monoisotopic (exact) mass is 379 g/mol. The fourth-order valence-electron chi connectivity index (χ4n) is 3.64. The number of nitrogens with zero attached hydrogens (tertiary/aromatic N) is 2. The zero-order chi connectivity index (χ0) is 17.6. The third kappa shape index (κ3) is 5.71. The maximum atomic E-state index is 12.4. The molecule has 0 aromatic heterocycles. The Morgan fingerprint density at radius 3 is 2.23 bits per heavy atom. The number of carbonyl (C=O) groups is 2. The Balaban J connectivity index is 0.00000243.